The van der Waals surface area contributed by atoms with Gasteiger partial charge in [-0.2, -0.15) is 0 Å². The quantitative estimate of drug-likeness (QED) is 0.811. The Morgan fingerprint density at radius 3 is 2.50 bits per heavy atom. The summed E-state index contributed by atoms with van der Waals surface area (Å²) in [5.41, 5.74) is 3.66. The lowest BCUT2D eigenvalue weighted by atomic mass is 9.88. The van der Waals surface area contributed by atoms with Crippen LogP contribution in [0.4, 0.5) is 0 Å². The molecule has 0 spiro atoms. The zero-order chi connectivity index (χ0) is 12.4. The minimum atomic E-state index is 0.112. The highest BCUT2D eigenvalue weighted by Crippen LogP contribution is 2.28. The van der Waals surface area contributed by atoms with E-state index < -0.39 is 0 Å². The van der Waals surface area contributed by atoms with Crippen molar-refractivity contribution >= 4 is 5.91 Å². The first-order valence-electron chi connectivity index (χ1n) is 6.24. The third kappa shape index (κ3) is 2.02. The highest BCUT2D eigenvalue weighted by molar-refractivity contribution is 5.80. The summed E-state index contributed by atoms with van der Waals surface area (Å²) in [6, 6.07) is 18.6. The van der Waals surface area contributed by atoms with Crippen LogP contribution < -0.4 is 5.32 Å². The van der Waals surface area contributed by atoms with Crippen molar-refractivity contribution in [1.82, 2.24) is 5.32 Å². The number of rotatable bonds is 1. The van der Waals surface area contributed by atoms with Gasteiger partial charge in [0.2, 0.25) is 5.91 Å². The van der Waals surface area contributed by atoms with Crippen molar-refractivity contribution in [2.75, 3.05) is 6.54 Å². The standard InChI is InChI=1S/C16H15NO/c18-16-10-13-8-4-5-9-14(13)15(11-17-16)12-6-2-1-3-7-12/h1-9,15H,10-11H2,(H,17,18). The molecule has 2 heteroatoms. The normalized spacial score (nSPS) is 18.7. The van der Waals surface area contributed by atoms with Crippen LogP contribution in [-0.4, -0.2) is 12.5 Å². The van der Waals surface area contributed by atoms with Crippen molar-refractivity contribution in [2.45, 2.75) is 12.3 Å². The molecule has 18 heavy (non-hydrogen) atoms. The van der Waals surface area contributed by atoms with Crippen LogP contribution in [0.3, 0.4) is 0 Å². The number of amides is 1. The molecule has 90 valence electrons. The van der Waals surface area contributed by atoms with Crippen molar-refractivity contribution in [2.24, 2.45) is 0 Å². The molecule has 1 N–H and O–H groups in total. The van der Waals surface area contributed by atoms with E-state index in [2.05, 4.69) is 29.6 Å². The fourth-order valence-electron chi connectivity index (χ4n) is 2.58. The van der Waals surface area contributed by atoms with E-state index in [4.69, 9.17) is 0 Å². The highest BCUT2D eigenvalue weighted by Gasteiger charge is 2.22. The summed E-state index contributed by atoms with van der Waals surface area (Å²) in [4.78, 5) is 11.7. The Labute approximate surface area is 107 Å². The van der Waals surface area contributed by atoms with Crippen molar-refractivity contribution < 1.29 is 4.79 Å². The molecule has 2 aromatic rings. The first-order valence-corrected chi connectivity index (χ1v) is 6.24. The summed E-state index contributed by atoms with van der Waals surface area (Å²) in [5.74, 6) is 0.370. The molecular weight excluding hydrogens is 222 g/mol. The van der Waals surface area contributed by atoms with E-state index in [1.54, 1.807) is 0 Å². The molecule has 0 saturated heterocycles. The fourth-order valence-corrected chi connectivity index (χ4v) is 2.58. The Hall–Kier alpha value is -2.09. The number of benzene rings is 2. The van der Waals surface area contributed by atoms with Crippen LogP contribution in [0.15, 0.2) is 54.6 Å². The van der Waals surface area contributed by atoms with E-state index in [-0.39, 0.29) is 11.8 Å². The number of fused-ring (bicyclic) bond motifs is 1. The van der Waals surface area contributed by atoms with Crippen LogP contribution in [0.1, 0.15) is 22.6 Å². The number of hydrogen-bond acceptors (Lipinski definition) is 1. The zero-order valence-electron chi connectivity index (χ0n) is 10.1. The largest absolute Gasteiger partial charge is 0.355 e. The lowest BCUT2D eigenvalue weighted by molar-refractivity contribution is -0.120. The number of carbonyl (C=O) groups excluding carboxylic acids is 1. The maximum atomic E-state index is 11.7. The molecule has 2 nitrogen and oxygen atoms in total. The van der Waals surface area contributed by atoms with Crippen LogP contribution in [-0.2, 0) is 11.2 Å². The van der Waals surface area contributed by atoms with Crippen LogP contribution in [0.25, 0.3) is 0 Å². The lowest BCUT2D eigenvalue weighted by Gasteiger charge is -2.17. The maximum absolute atomic E-state index is 11.7. The molecular formula is C16H15NO. The molecule has 2 aromatic carbocycles. The Kier molecular flexibility index (Phi) is 2.85. The Morgan fingerprint density at radius 2 is 1.67 bits per heavy atom. The van der Waals surface area contributed by atoms with Crippen LogP contribution >= 0.6 is 0 Å². The molecule has 1 atom stereocenters. The SMILES string of the molecule is O=C1Cc2ccccc2C(c2ccccc2)CN1. The first kappa shape index (κ1) is 11.0. The van der Waals surface area contributed by atoms with Gasteiger partial charge in [-0.05, 0) is 16.7 Å². The van der Waals surface area contributed by atoms with E-state index in [1.807, 2.05) is 30.3 Å². The molecule has 0 fully saturated rings. The number of carbonyl (C=O) groups is 1. The van der Waals surface area contributed by atoms with Crippen LogP contribution in [0.5, 0.6) is 0 Å². The van der Waals surface area contributed by atoms with Crippen molar-refractivity contribution in [3.63, 3.8) is 0 Å². The van der Waals surface area contributed by atoms with Crippen LogP contribution in [0.2, 0.25) is 0 Å². The van der Waals surface area contributed by atoms with Gasteiger partial charge in [-0.25, -0.2) is 0 Å². The first-order chi connectivity index (χ1) is 8.84. The molecule has 0 saturated carbocycles. The van der Waals surface area contributed by atoms with E-state index in [9.17, 15) is 4.79 Å². The molecule has 0 bridgehead atoms. The second-order valence-electron chi connectivity index (χ2n) is 4.64. The van der Waals surface area contributed by atoms with Gasteiger partial charge in [0.05, 0.1) is 6.42 Å². The van der Waals surface area contributed by atoms with Crippen molar-refractivity contribution in [1.29, 1.82) is 0 Å². The van der Waals surface area contributed by atoms with Crippen molar-refractivity contribution in [3.05, 3.63) is 71.3 Å². The summed E-state index contributed by atoms with van der Waals surface area (Å²) in [7, 11) is 0. The molecule has 1 aliphatic rings. The minimum absolute atomic E-state index is 0.112. The predicted molar refractivity (Wildman–Crippen MR) is 71.4 cm³/mol. The summed E-state index contributed by atoms with van der Waals surface area (Å²) >= 11 is 0. The Balaban J connectivity index is 2.08. The summed E-state index contributed by atoms with van der Waals surface area (Å²) in [5, 5.41) is 3.00. The zero-order valence-corrected chi connectivity index (χ0v) is 10.1. The second kappa shape index (κ2) is 4.65. The van der Waals surface area contributed by atoms with E-state index in [1.165, 1.54) is 11.1 Å². The molecule has 1 unspecified atom stereocenters. The van der Waals surface area contributed by atoms with Gasteiger partial charge in [0, 0.05) is 12.5 Å². The van der Waals surface area contributed by atoms with Gasteiger partial charge in [0.15, 0.2) is 0 Å². The molecule has 1 heterocycles. The van der Waals surface area contributed by atoms with E-state index in [0.29, 0.717) is 13.0 Å². The Morgan fingerprint density at radius 1 is 0.944 bits per heavy atom. The van der Waals surface area contributed by atoms with Gasteiger partial charge in [0.1, 0.15) is 0 Å². The molecule has 0 radical (unpaired) electrons. The topological polar surface area (TPSA) is 29.1 Å². The van der Waals surface area contributed by atoms with Gasteiger partial charge in [-0.3, -0.25) is 4.79 Å². The summed E-state index contributed by atoms with van der Waals surface area (Å²) in [6.07, 6.45) is 0.486. The summed E-state index contributed by atoms with van der Waals surface area (Å²) < 4.78 is 0. The van der Waals surface area contributed by atoms with Gasteiger partial charge in [0.25, 0.3) is 0 Å². The molecule has 3 rings (SSSR count). The third-order valence-corrected chi connectivity index (χ3v) is 3.49. The van der Waals surface area contributed by atoms with E-state index in [0.717, 1.165) is 5.56 Å². The average Bonchev–Trinajstić information content (AvgIpc) is 2.58. The fraction of sp³-hybridized carbons (Fsp3) is 0.188. The highest BCUT2D eigenvalue weighted by atomic mass is 16.1. The third-order valence-electron chi connectivity index (χ3n) is 3.49. The molecule has 0 aromatic heterocycles. The van der Waals surface area contributed by atoms with Crippen molar-refractivity contribution in [3.8, 4) is 0 Å². The second-order valence-corrected chi connectivity index (χ2v) is 4.64. The van der Waals surface area contributed by atoms with Gasteiger partial charge >= 0.3 is 0 Å². The molecule has 1 aliphatic heterocycles. The minimum Gasteiger partial charge on any atom is -0.355 e. The predicted octanol–water partition coefficient (Wildman–Crippen LogP) is 2.49. The summed E-state index contributed by atoms with van der Waals surface area (Å²) in [6.45, 7) is 0.680. The van der Waals surface area contributed by atoms with E-state index >= 15 is 0 Å². The Bertz CT molecular complexity index is 562. The molecule has 0 aliphatic carbocycles. The van der Waals surface area contributed by atoms with Gasteiger partial charge in [-0.15, -0.1) is 0 Å². The average molecular weight is 237 g/mol. The lowest BCUT2D eigenvalue weighted by Crippen LogP contribution is -2.26. The monoisotopic (exact) mass is 237 g/mol. The van der Waals surface area contributed by atoms with Gasteiger partial charge < -0.3 is 5.32 Å². The maximum Gasteiger partial charge on any atom is 0.224 e. The number of nitrogens with one attached hydrogen (secondary N) is 1. The van der Waals surface area contributed by atoms with Crippen LogP contribution in [0, 0.1) is 0 Å². The van der Waals surface area contributed by atoms with Gasteiger partial charge in [-0.1, -0.05) is 54.6 Å². The smallest absolute Gasteiger partial charge is 0.224 e. The number of hydrogen-bond donors (Lipinski definition) is 1. The molecule has 1 amide bonds.